The van der Waals surface area contributed by atoms with E-state index < -0.39 is 11.8 Å². The van der Waals surface area contributed by atoms with E-state index in [1.54, 1.807) is 6.20 Å². The molecule has 1 unspecified atom stereocenters. The summed E-state index contributed by atoms with van der Waals surface area (Å²) in [5.74, 6) is -1.80. The van der Waals surface area contributed by atoms with Crippen molar-refractivity contribution in [3.8, 4) is 0 Å². The fraction of sp³-hybridized carbons (Fsp3) is 0.231. The van der Waals surface area contributed by atoms with Crippen LogP contribution < -0.4 is 5.32 Å². The van der Waals surface area contributed by atoms with Crippen LogP contribution in [0.4, 0.5) is 10.1 Å². The molecular weight excluding hydrogens is 347 g/mol. The number of nitrogens with zero attached hydrogens (tertiary/aromatic N) is 1. The van der Waals surface area contributed by atoms with Gasteiger partial charge in [0.05, 0.1) is 21.8 Å². The van der Waals surface area contributed by atoms with Gasteiger partial charge in [0.15, 0.2) is 5.82 Å². The molecule has 0 bridgehead atoms. The Balaban J connectivity index is 2.26. The fourth-order valence-electron chi connectivity index (χ4n) is 1.69. The van der Waals surface area contributed by atoms with Gasteiger partial charge in [0, 0.05) is 11.1 Å². The molecule has 1 atom stereocenters. The average molecular weight is 359 g/mol. The molecule has 4 nitrogen and oxygen atoms in total. The second-order valence-corrected chi connectivity index (χ2v) is 6.33. The van der Waals surface area contributed by atoms with Crippen molar-refractivity contribution < 1.29 is 14.3 Å². The Hall–Kier alpha value is -1.47. The molecule has 0 spiro atoms. The number of benzene rings is 1. The van der Waals surface area contributed by atoms with Gasteiger partial charge in [-0.05, 0) is 41.9 Å². The van der Waals surface area contributed by atoms with E-state index in [9.17, 15) is 9.18 Å². The van der Waals surface area contributed by atoms with Crippen molar-refractivity contribution in [2.45, 2.75) is 19.9 Å². The minimum Gasteiger partial charge on any atom is -0.478 e. The minimum absolute atomic E-state index is 0.0579. The summed E-state index contributed by atoms with van der Waals surface area (Å²) in [7, 11) is 0. The molecule has 0 aliphatic carbocycles. The van der Waals surface area contributed by atoms with E-state index in [0.717, 1.165) is 9.88 Å². The largest absolute Gasteiger partial charge is 0.478 e. The molecule has 106 valence electrons. The molecule has 1 aromatic carbocycles. The lowest BCUT2D eigenvalue weighted by Crippen LogP contribution is -2.09. The summed E-state index contributed by atoms with van der Waals surface area (Å²) in [5, 5.41) is 12.8. The number of carboxylic acid groups (broad SMARTS) is 1. The lowest BCUT2D eigenvalue weighted by Gasteiger charge is -2.14. The molecule has 0 saturated heterocycles. The van der Waals surface area contributed by atoms with Gasteiger partial charge < -0.3 is 10.4 Å². The number of hydrogen-bond acceptors (Lipinski definition) is 4. The van der Waals surface area contributed by atoms with Crippen LogP contribution in [0.1, 0.15) is 33.2 Å². The third kappa shape index (κ3) is 2.99. The molecule has 2 rings (SSSR count). The Kier molecular flexibility index (Phi) is 4.39. The van der Waals surface area contributed by atoms with E-state index in [4.69, 9.17) is 5.11 Å². The van der Waals surface area contributed by atoms with Crippen molar-refractivity contribution in [1.29, 1.82) is 0 Å². The Morgan fingerprint density at radius 2 is 2.25 bits per heavy atom. The van der Waals surface area contributed by atoms with Crippen LogP contribution in [0.3, 0.4) is 0 Å². The van der Waals surface area contributed by atoms with Crippen LogP contribution in [0.2, 0.25) is 0 Å². The first-order valence-electron chi connectivity index (χ1n) is 5.80. The summed E-state index contributed by atoms with van der Waals surface area (Å²) in [5.41, 5.74) is 0.132. The van der Waals surface area contributed by atoms with Gasteiger partial charge in [0.2, 0.25) is 0 Å². The van der Waals surface area contributed by atoms with Crippen molar-refractivity contribution in [1.82, 2.24) is 4.98 Å². The normalized spacial score (nSPS) is 12.2. The van der Waals surface area contributed by atoms with Crippen molar-refractivity contribution in [2.24, 2.45) is 0 Å². The lowest BCUT2D eigenvalue weighted by molar-refractivity contribution is 0.0695. The van der Waals surface area contributed by atoms with Crippen LogP contribution in [0.25, 0.3) is 0 Å². The zero-order valence-electron chi connectivity index (χ0n) is 10.8. The van der Waals surface area contributed by atoms with E-state index in [1.165, 1.54) is 23.5 Å². The van der Waals surface area contributed by atoms with Gasteiger partial charge in [0.1, 0.15) is 5.01 Å². The zero-order chi connectivity index (χ0) is 14.9. The molecular formula is C13H12BrFN2O2S. The number of halogens is 2. The quantitative estimate of drug-likeness (QED) is 0.858. The highest BCUT2D eigenvalue weighted by atomic mass is 79.9. The number of carboxylic acids is 1. The van der Waals surface area contributed by atoms with Crippen LogP contribution in [-0.2, 0) is 0 Å². The highest BCUT2D eigenvalue weighted by Gasteiger charge is 2.18. The maximum absolute atomic E-state index is 14.1. The molecule has 0 fully saturated rings. The Morgan fingerprint density at radius 1 is 1.55 bits per heavy atom. The Bertz CT molecular complexity index is 660. The molecule has 0 saturated carbocycles. The lowest BCUT2D eigenvalue weighted by atomic mass is 10.2. The monoisotopic (exact) mass is 358 g/mol. The van der Waals surface area contributed by atoms with E-state index in [0.29, 0.717) is 0 Å². The average Bonchev–Trinajstić information content (AvgIpc) is 2.81. The van der Waals surface area contributed by atoms with Gasteiger partial charge in [-0.25, -0.2) is 14.2 Å². The summed E-state index contributed by atoms with van der Waals surface area (Å²) >= 11 is 4.50. The second-order valence-electron chi connectivity index (χ2n) is 4.27. The first kappa shape index (κ1) is 14.9. The van der Waals surface area contributed by atoms with Gasteiger partial charge in [-0.15, -0.1) is 11.3 Å². The number of anilines is 1. The van der Waals surface area contributed by atoms with Crippen LogP contribution in [0, 0.1) is 12.7 Å². The number of hydrogen-bond donors (Lipinski definition) is 2. The molecule has 1 aromatic heterocycles. The number of nitrogens with one attached hydrogen (secondary N) is 1. The third-order valence-electron chi connectivity index (χ3n) is 2.69. The van der Waals surface area contributed by atoms with Crippen molar-refractivity contribution in [3.05, 3.63) is 44.1 Å². The molecule has 0 aliphatic rings. The van der Waals surface area contributed by atoms with E-state index in [-0.39, 0.29) is 21.8 Å². The van der Waals surface area contributed by atoms with E-state index >= 15 is 0 Å². The maximum Gasteiger partial charge on any atom is 0.336 e. The highest BCUT2D eigenvalue weighted by Crippen LogP contribution is 2.30. The van der Waals surface area contributed by atoms with E-state index in [1.807, 2.05) is 13.8 Å². The fourth-order valence-corrected chi connectivity index (χ4v) is 2.99. The minimum atomic E-state index is -1.18. The number of thiazole rings is 1. The topological polar surface area (TPSA) is 62.2 Å². The van der Waals surface area contributed by atoms with Crippen LogP contribution >= 0.6 is 27.3 Å². The molecule has 1 heterocycles. The summed E-state index contributed by atoms with van der Waals surface area (Å²) in [6, 6.07) is 2.61. The molecule has 2 aromatic rings. The van der Waals surface area contributed by atoms with Gasteiger partial charge in [-0.1, -0.05) is 0 Å². The standard InChI is InChI=1S/C13H12BrFN2O2S/c1-6-5-16-12(20-6)7(2)17-9-4-3-8(13(18)19)10(14)11(9)15/h3-5,7,17H,1-2H3,(H,18,19). The van der Waals surface area contributed by atoms with E-state index in [2.05, 4.69) is 26.2 Å². The molecule has 0 amide bonds. The number of aryl methyl sites for hydroxylation is 1. The highest BCUT2D eigenvalue weighted by molar-refractivity contribution is 9.10. The number of aromatic nitrogens is 1. The van der Waals surface area contributed by atoms with Gasteiger partial charge in [-0.2, -0.15) is 0 Å². The smallest absolute Gasteiger partial charge is 0.336 e. The third-order valence-corrected chi connectivity index (χ3v) is 4.57. The first-order chi connectivity index (χ1) is 9.40. The Morgan fingerprint density at radius 3 is 2.80 bits per heavy atom. The van der Waals surface area contributed by atoms with Gasteiger partial charge in [0.25, 0.3) is 0 Å². The zero-order valence-corrected chi connectivity index (χ0v) is 13.2. The molecule has 2 N–H and O–H groups in total. The predicted molar refractivity (Wildman–Crippen MR) is 79.9 cm³/mol. The molecule has 0 radical (unpaired) electrons. The summed E-state index contributed by atoms with van der Waals surface area (Å²) in [4.78, 5) is 16.2. The summed E-state index contributed by atoms with van der Waals surface area (Å²) < 4.78 is 14.1. The number of aromatic carboxylic acids is 1. The van der Waals surface area contributed by atoms with Gasteiger partial charge in [-0.3, -0.25) is 0 Å². The van der Waals surface area contributed by atoms with Crippen LogP contribution in [0.5, 0.6) is 0 Å². The van der Waals surface area contributed by atoms with Crippen molar-refractivity contribution >= 4 is 38.9 Å². The number of carbonyl (C=O) groups is 1. The SMILES string of the molecule is Cc1cnc(C(C)Nc2ccc(C(=O)O)c(Br)c2F)s1. The summed E-state index contributed by atoms with van der Waals surface area (Å²) in [6.07, 6.45) is 1.76. The second kappa shape index (κ2) is 5.88. The van der Waals surface area contributed by atoms with Crippen molar-refractivity contribution in [3.63, 3.8) is 0 Å². The number of rotatable bonds is 4. The first-order valence-corrected chi connectivity index (χ1v) is 7.41. The predicted octanol–water partition coefficient (Wildman–Crippen LogP) is 4.22. The van der Waals surface area contributed by atoms with Crippen molar-refractivity contribution in [2.75, 3.05) is 5.32 Å². The molecule has 0 aliphatic heterocycles. The van der Waals surface area contributed by atoms with Crippen LogP contribution in [-0.4, -0.2) is 16.1 Å². The van der Waals surface area contributed by atoms with Crippen LogP contribution in [0.15, 0.2) is 22.8 Å². The summed E-state index contributed by atoms with van der Waals surface area (Å²) in [6.45, 7) is 3.82. The molecule has 7 heteroatoms. The Labute approximate surface area is 127 Å². The van der Waals surface area contributed by atoms with Gasteiger partial charge >= 0.3 is 5.97 Å². The molecule has 20 heavy (non-hydrogen) atoms. The maximum atomic E-state index is 14.1.